The maximum absolute atomic E-state index is 13.7. The summed E-state index contributed by atoms with van der Waals surface area (Å²) in [7, 11) is 3.30. The number of carbonyl (C=O) groups is 4. The van der Waals surface area contributed by atoms with Gasteiger partial charge >= 0.3 is 11.9 Å². The van der Waals surface area contributed by atoms with Gasteiger partial charge in [0.15, 0.2) is 0 Å². The van der Waals surface area contributed by atoms with Crippen molar-refractivity contribution in [1.82, 2.24) is 10.6 Å². The maximum atomic E-state index is 13.7. The van der Waals surface area contributed by atoms with Crippen LogP contribution in [0, 0.1) is 12.7 Å². The Hall–Kier alpha value is -12.5. The van der Waals surface area contributed by atoms with E-state index in [0.29, 0.717) is 114 Å². The van der Waals surface area contributed by atoms with Crippen molar-refractivity contribution in [3.8, 4) is 17.2 Å². The summed E-state index contributed by atoms with van der Waals surface area (Å²) < 4.78 is 44.4. The Kier molecular flexibility index (Phi) is 36.2. The fraction of sp³-hybridized carbons (Fsp3) is 0.243. The third-order valence-electron chi connectivity index (χ3n) is 24.4. The number of hydrogen-bond donors (Lipinski definition) is 6. The molecule has 14 aromatic rings. The van der Waals surface area contributed by atoms with Crippen LogP contribution in [0.15, 0.2) is 317 Å². The summed E-state index contributed by atoms with van der Waals surface area (Å²) >= 11 is 12.5. The van der Waals surface area contributed by atoms with Gasteiger partial charge in [-0.25, -0.2) is 14.0 Å². The summed E-state index contributed by atoms with van der Waals surface area (Å²) in [6, 6.07) is 91.0. The number of halogens is 1. The molecule has 6 N–H and O–H groups in total. The third-order valence-corrected chi connectivity index (χ3v) is 34.6. The number of thiophene rings is 4. The van der Waals surface area contributed by atoms with Crippen LogP contribution in [-0.4, -0.2) is 108 Å². The van der Waals surface area contributed by atoms with Crippen molar-refractivity contribution in [2.45, 2.75) is 149 Å². The Morgan fingerprint density at radius 3 is 1.00 bits per heavy atom. The molecule has 10 aromatic carbocycles. The molecule has 4 heterocycles. The molecule has 0 fully saturated rings. The number of fused-ring (bicyclic) bond motifs is 4. The van der Waals surface area contributed by atoms with Gasteiger partial charge in [0.1, 0.15) is 39.4 Å². The van der Waals surface area contributed by atoms with Crippen LogP contribution < -0.4 is 24.8 Å². The van der Waals surface area contributed by atoms with E-state index in [4.69, 9.17) is 23.7 Å². The molecule has 19 nitrogen and oxygen atoms in total. The van der Waals surface area contributed by atoms with Crippen molar-refractivity contribution in [2.24, 2.45) is 20.6 Å². The molecule has 4 aliphatic carbocycles. The molecule has 4 aliphatic rings. The topological polar surface area (TPSA) is 269 Å². The normalized spacial score (nSPS) is 16.4. The molecule has 139 heavy (non-hydrogen) atoms. The van der Waals surface area contributed by atoms with Gasteiger partial charge in [-0.15, -0.1) is 92.4 Å². The summed E-state index contributed by atoms with van der Waals surface area (Å²) in [4.78, 5) is 55.2. The second kappa shape index (κ2) is 49.9. The summed E-state index contributed by atoms with van der Waals surface area (Å²) in [6.07, 6.45) is 5.09. The number of methoxy groups -OCH3 is 2. The molecule has 0 spiro atoms. The van der Waals surface area contributed by atoms with Crippen LogP contribution in [0.3, 0.4) is 0 Å². The molecule has 0 saturated heterocycles. The zero-order chi connectivity index (χ0) is 97.1. The number of nitrogens with zero attached hydrogens (tertiary/aromatic N) is 4. The average Bonchev–Trinajstić information content (AvgIpc) is 1.64. The van der Waals surface area contributed by atoms with E-state index in [-0.39, 0.29) is 59.3 Å². The van der Waals surface area contributed by atoms with E-state index in [1.165, 1.54) is 90.9 Å². The number of aryl methyl sites for hydroxylation is 1. The van der Waals surface area contributed by atoms with Crippen molar-refractivity contribution in [2.75, 3.05) is 40.6 Å². The first-order valence-electron chi connectivity index (χ1n) is 45.8. The monoisotopic (exact) mass is 2010 g/mol. The van der Waals surface area contributed by atoms with Gasteiger partial charge in [-0.2, -0.15) is 0 Å². The molecule has 18 rings (SSSR count). The number of esters is 2. The smallest absolute Gasteiger partial charge is 0.348 e. The molecule has 0 saturated carbocycles. The highest BCUT2D eigenvalue weighted by Crippen LogP contribution is 2.51. The summed E-state index contributed by atoms with van der Waals surface area (Å²) in [5.74, 6) is 4.60. The quantitative estimate of drug-likeness (QED) is 0.00803. The Morgan fingerprint density at radius 2 is 0.676 bits per heavy atom. The van der Waals surface area contributed by atoms with Gasteiger partial charge in [-0.3, -0.25) is 9.59 Å². The lowest BCUT2D eigenvalue weighted by atomic mass is 9.79. The molecule has 4 aromatic heterocycles. The fourth-order valence-corrected chi connectivity index (χ4v) is 27.5. The Balaban J connectivity index is 0.000000141. The fourth-order valence-electron chi connectivity index (χ4n) is 17.4. The minimum absolute atomic E-state index is 0.00579. The van der Waals surface area contributed by atoms with Crippen molar-refractivity contribution in [3.63, 3.8) is 0 Å². The highest BCUT2D eigenvalue weighted by Gasteiger charge is 2.40. The Labute approximate surface area is 842 Å². The SMILES string of the molecule is CCOC(=O)c1sc(SCc2ccccc2)c2c1CC(c1ccc(C)cc1)C/C2=N\O.CCOC(=O)c1sc(SCc2ccccc2)c2c1CC(c1ccc(F)cc1)C/C2=N\O.COc1ccc(C2C/C(=N\O)c3c(SCc4ccccc4)sc(C(=O)NCCOc4ccccc4)c3C2)cc1.COc1ccc(C2C/C(=N\O)c3c(SCc4ccccc4)sc(C(=O)N[C@H](C)c4ccccc4)c3C2)cc1. The summed E-state index contributed by atoms with van der Waals surface area (Å²) in [5, 5.41) is 60.8. The minimum atomic E-state index is -0.354. The number of benzene rings is 10. The van der Waals surface area contributed by atoms with Gasteiger partial charge in [0.25, 0.3) is 11.8 Å². The number of ether oxygens (including phenoxy) is 5. The van der Waals surface area contributed by atoms with Crippen LogP contribution in [0.4, 0.5) is 4.39 Å². The Bertz CT molecular complexity index is 6430. The van der Waals surface area contributed by atoms with Crippen LogP contribution in [-0.2, 0) is 58.2 Å². The summed E-state index contributed by atoms with van der Waals surface area (Å²) in [5.41, 5.74) is 21.2. The second-order valence-corrected chi connectivity index (χ2v) is 42.5. The molecule has 0 radical (unpaired) electrons. The van der Waals surface area contributed by atoms with Crippen LogP contribution in [0.5, 0.6) is 17.2 Å². The lowest BCUT2D eigenvalue weighted by molar-refractivity contribution is 0.0521. The third kappa shape index (κ3) is 25.8. The van der Waals surface area contributed by atoms with Crippen molar-refractivity contribution >= 4 is 139 Å². The number of hydrogen-bond acceptors (Lipinski definition) is 25. The van der Waals surface area contributed by atoms with E-state index >= 15 is 0 Å². The van der Waals surface area contributed by atoms with Gasteiger partial charge in [-0.05, 0) is 198 Å². The largest absolute Gasteiger partial charge is 0.497 e. The average molecular weight is 2010 g/mol. The van der Waals surface area contributed by atoms with Crippen LogP contribution in [0.2, 0.25) is 0 Å². The van der Waals surface area contributed by atoms with Gasteiger partial charge in [0.05, 0.1) is 89.5 Å². The van der Waals surface area contributed by atoms with Gasteiger partial charge < -0.3 is 55.1 Å². The lowest BCUT2D eigenvalue weighted by Gasteiger charge is -2.25. The number of thioether (sulfide) groups is 4. The molecule has 2 amide bonds. The van der Waals surface area contributed by atoms with Crippen molar-refractivity contribution in [1.29, 1.82) is 0 Å². The molecule has 28 heteroatoms. The van der Waals surface area contributed by atoms with E-state index in [0.717, 1.165) is 130 Å². The van der Waals surface area contributed by atoms with Gasteiger partial charge in [-0.1, -0.05) is 257 Å². The molecular weight excluding hydrogens is 1900 g/mol. The predicted molar refractivity (Wildman–Crippen MR) is 561 cm³/mol. The van der Waals surface area contributed by atoms with E-state index in [1.807, 2.05) is 184 Å². The zero-order valence-electron chi connectivity index (χ0n) is 77.7. The number of carbonyl (C=O) groups excluding carboxylic acids is 4. The maximum Gasteiger partial charge on any atom is 0.348 e. The molecular formula is C111H107FN6O13S8. The number of rotatable bonds is 30. The highest BCUT2D eigenvalue weighted by atomic mass is 32.2. The van der Waals surface area contributed by atoms with E-state index < -0.39 is 0 Å². The van der Waals surface area contributed by atoms with E-state index in [2.05, 4.69) is 123 Å². The number of para-hydroxylation sites is 1. The first-order valence-corrected chi connectivity index (χ1v) is 53.1. The van der Waals surface area contributed by atoms with E-state index in [1.54, 1.807) is 80.3 Å². The molecule has 5 atom stereocenters. The van der Waals surface area contributed by atoms with Crippen LogP contribution >= 0.6 is 92.4 Å². The first-order chi connectivity index (χ1) is 67.9. The van der Waals surface area contributed by atoms with E-state index in [9.17, 15) is 44.4 Å². The number of oxime groups is 4. The first kappa shape index (κ1) is 101. The minimum Gasteiger partial charge on any atom is -0.497 e. The second-order valence-electron chi connectivity index (χ2n) is 33.5. The van der Waals surface area contributed by atoms with Crippen molar-refractivity contribution < 1.29 is 68.1 Å². The van der Waals surface area contributed by atoms with Gasteiger partial charge in [0.2, 0.25) is 0 Å². The highest BCUT2D eigenvalue weighted by molar-refractivity contribution is 8.01. The van der Waals surface area contributed by atoms with Crippen LogP contribution in [0.1, 0.15) is 215 Å². The van der Waals surface area contributed by atoms with Crippen molar-refractivity contribution in [3.05, 3.63) is 405 Å². The molecule has 0 aliphatic heterocycles. The number of amides is 2. The molecule has 0 bridgehead atoms. The molecule has 714 valence electrons. The number of nitrogens with one attached hydrogen (secondary N) is 2. The summed E-state index contributed by atoms with van der Waals surface area (Å²) in [6.45, 7) is 9.05. The Morgan fingerprint density at radius 1 is 0.381 bits per heavy atom. The van der Waals surface area contributed by atoms with Crippen LogP contribution in [0.25, 0.3) is 0 Å². The zero-order valence-corrected chi connectivity index (χ0v) is 84.2. The van der Waals surface area contributed by atoms with Gasteiger partial charge in [0, 0.05) is 70.9 Å². The lowest BCUT2D eigenvalue weighted by Crippen LogP contribution is -2.29. The predicted octanol–water partition coefficient (Wildman–Crippen LogP) is 26.9. The standard InChI is InChI=1S/C31H30N2O4S2.C31H30N2O3S2.C25H25NO3S2.C24H22FNO3S2/c1-36-24-14-12-22(13-15-24)23-18-26-28(27(19-23)33-35)31(38-20-21-8-4-2-5-9-21)39-29(26)30(34)32-16-17-37-25-10-6-3-7-11-25;1-20(22-11-7-4-8-12-22)32-30(34)29-26-17-24(23-13-15-25(36-2)16-14-23)18-27(33-35)28(26)31(38-29)37-19-21-9-5-3-6-10-21;1-3-29-24(27)23-20-13-19(18-11-9-16(2)10-12-18)14-21(26-28)22(20)25(31-23)30-15-17-7-5-4-6-8-17;1-2-29-23(27)22-19-12-17(16-8-10-18(25)11-9-16)13-20(26-28)21(19)24(31-22)30-14-15-6-4-3-5-7-15/h2-15,23,35H,16-20H2,1H3,(H,32,34);3-16,20,24,35H,17-19H2,1-2H3,(H,32,34);4-12,19,28H,3,13-15H2,1-2H3;3-11,17,28H,2,12-14H2,1H3/b2*33-27+;26-21+;26-20+/t;20-,24?;;/m.1../s1. The molecule has 4 unspecified atom stereocenters.